The Kier molecular flexibility index (Phi) is 7.79. The van der Waals surface area contributed by atoms with Crippen LogP contribution >= 0.6 is 11.6 Å². The summed E-state index contributed by atoms with van der Waals surface area (Å²) in [6.45, 7) is 6.77. The summed E-state index contributed by atoms with van der Waals surface area (Å²) in [6.07, 6.45) is 0. The predicted octanol–water partition coefficient (Wildman–Crippen LogP) is 5.99. The minimum Gasteiger partial charge on any atom is -0.490 e. The van der Waals surface area contributed by atoms with E-state index in [4.69, 9.17) is 21.1 Å². The van der Waals surface area contributed by atoms with Gasteiger partial charge >= 0.3 is 0 Å². The molecule has 0 saturated carbocycles. The van der Waals surface area contributed by atoms with Gasteiger partial charge in [-0.15, -0.1) is 0 Å². The minimum atomic E-state index is -0.269. The van der Waals surface area contributed by atoms with Crippen molar-refractivity contribution < 1.29 is 14.3 Å². The summed E-state index contributed by atoms with van der Waals surface area (Å²) in [5.74, 6) is 0.607. The van der Waals surface area contributed by atoms with Crippen LogP contribution in [0.1, 0.15) is 23.6 Å². The highest BCUT2D eigenvalue weighted by atomic mass is 35.5. The predicted molar refractivity (Wildman–Crippen MR) is 126 cm³/mol. The molecule has 0 aliphatic carbocycles. The molecule has 31 heavy (non-hydrogen) atoms. The van der Waals surface area contributed by atoms with Gasteiger partial charge in [0.25, 0.3) is 5.91 Å². The fourth-order valence-electron chi connectivity index (χ4n) is 3.06. The van der Waals surface area contributed by atoms with Crippen molar-refractivity contribution in [2.75, 3.05) is 23.8 Å². The van der Waals surface area contributed by atoms with Crippen molar-refractivity contribution in [1.82, 2.24) is 0 Å². The lowest BCUT2D eigenvalue weighted by atomic mass is 10.2. The quantitative estimate of drug-likeness (QED) is 0.431. The maximum absolute atomic E-state index is 12.3. The number of ether oxygens (including phenoxy) is 2. The van der Waals surface area contributed by atoms with Gasteiger partial charge < -0.3 is 20.1 Å². The van der Waals surface area contributed by atoms with Gasteiger partial charge in [0.15, 0.2) is 18.1 Å². The van der Waals surface area contributed by atoms with E-state index in [0.29, 0.717) is 29.7 Å². The van der Waals surface area contributed by atoms with E-state index < -0.39 is 0 Å². The highest BCUT2D eigenvalue weighted by molar-refractivity contribution is 6.32. The first-order chi connectivity index (χ1) is 14.9. The van der Waals surface area contributed by atoms with E-state index in [9.17, 15) is 4.79 Å². The van der Waals surface area contributed by atoms with E-state index in [1.54, 1.807) is 0 Å². The van der Waals surface area contributed by atoms with E-state index >= 15 is 0 Å². The van der Waals surface area contributed by atoms with E-state index in [0.717, 1.165) is 22.5 Å². The summed E-state index contributed by atoms with van der Waals surface area (Å²) in [5, 5.41) is 6.59. The second-order valence-electron chi connectivity index (χ2n) is 7.26. The van der Waals surface area contributed by atoms with Crippen LogP contribution in [-0.2, 0) is 11.3 Å². The number of nitrogens with one attached hydrogen (secondary N) is 2. The first-order valence-electron chi connectivity index (χ1n) is 10.2. The summed E-state index contributed by atoms with van der Waals surface area (Å²) >= 11 is 6.47. The van der Waals surface area contributed by atoms with Gasteiger partial charge in [0.05, 0.1) is 11.6 Å². The zero-order valence-electron chi connectivity index (χ0n) is 18.0. The number of hydrogen-bond acceptors (Lipinski definition) is 4. The number of halogens is 1. The molecule has 162 valence electrons. The van der Waals surface area contributed by atoms with Crippen molar-refractivity contribution in [3.8, 4) is 11.5 Å². The molecule has 0 aliphatic rings. The van der Waals surface area contributed by atoms with E-state index in [1.165, 1.54) is 5.56 Å². The number of rotatable bonds is 9. The number of benzene rings is 3. The SMILES string of the molecule is CCOc1cc(CNc2ccc(C)cc2)cc(Cl)c1OCC(=O)Nc1cccc(C)c1. The molecule has 0 spiro atoms. The second kappa shape index (κ2) is 10.7. The van der Waals surface area contributed by atoms with Crippen LogP contribution in [0.4, 0.5) is 11.4 Å². The first kappa shape index (κ1) is 22.5. The third-order valence-electron chi connectivity index (χ3n) is 4.57. The largest absolute Gasteiger partial charge is 0.490 e. The Bertz CT molecular complexity index is 1040. The lowest BCUT2D eigenvalue weighted by Crippen LogP contribution is -2.20. The van der Waals surface area contributed by atoms with Crippen molar-refractivity contribution >= 4 is 28.9 Å². The van der Waals surface area contributed by atoms with Crippen molar-refractivity contribution in [2.45, 2.75) is 27.3 Å². The van der Waals surface area contributed by atoms with Gasteiger partial charge in [0.1, 0.15) is 0 Å². The topological polar surface area (TPSA) is 59.6 Å². The zero-order valence-corrected chi connectivity index (χ0v) is 18.8. The molecule has 0 fully saturated rings. The fraction of sp³-hybridized carbons (Fsp3) is 0.240. The van der Waals surface area contributed by atoms with Gasteiger partial charge in [-0.1, -0.05) is 41.4 Å². The number of amides is 1. The van der Waals surface area contributed by atoms with Crippen molar-refractivity contribution in [2.24, 2.45) is 0 Å². The summed E-state index contributed by atoms with van der Waals surface area (Å²) in [5.41, 5.74) is 4.97. The smallest absolute Gasteiger partial charge is 0.262 e. The number of carbonyl (C=O) groups is 1. The van der Waals surface area contributed by atoms with Crippen LogP contribution in [0.5, 0.6) is 11.5 Å². The van der Waals surface area contributed by atoms with Gasteiger partial charge in [-0.3, -0.25) is 4.79 Å². The third-order valence-corrected chi connectivity index (χ3v) is 4.85. The number of aryl methyl sites for hydroxylation is 2. The third kappa shape index (κ3) is 6.66. The molecule has 0 atom stereocenters. The molecule has 0 radical (unpaired) electrons. The Balaban J connectivity index is 1.66. The van der Waals surface area contributed by atoms with Crippen LogP contribution < -0.4 is 20.1 Å². The summed E-state index contributed by atoms with van der Waals surface area (Å²) < 4.78 is 11.4. The van der Waals surface area contributed by atoms with Crippen LogP contribution in [0.2, 0.25) is 5.02 Å². The lowest BCUT2D eigenvalue weighted by molar-refractivity contribution is -0.118. The van der Waals surface area contributed by atoms with Crippen molar-refractivity contribution in [3.05, 3.63) is 82.4 Å². The van der Waals surface area contributed by atoms with E-state index in [-0.39, 0.29) is 12.5 Å². The molecule has 0 saturated heterocycles. The Hall–Kier alpha value is -3.18. The molecule has 0 bridgehead atoms. The molecule has 5 nitrogen and oxygen atoms in total. The molecule has 1 amide bonds. The molecule has 3 rings (SSSR count). The van der Waals surface area contributed by atoms with Gasteiger partial charge in [-0.05, 0) is 68.3 Å². The lowest BCUT2D eigenvalue weighted by Gasteiger charge is -2.16. The molecular formula is C25H27ClN2O3. The molecular weight excluding hydrogens is 412 g/mol. The highest BCUT2D eigenvalue weighted by Gasteiger charge is 2.15. The summed E-state index contributed by atoms with van der Waals surface area (Å²) in [4.78, 5) is 12.3. The van der Waals surface area contributed by atoms with Gasteiger partial charge in [-0.25, -0.2) is 0 Å². The Labute approximate surface area is 188 Å². The van der Waals surface area contributed by atoms with Crippen LogP contribution in [0.3, 0.4) is 0 Å². The van der Waals surface area contributed by atoms with Crippen LogP contribution in [0, 0.1) is 13.8 Å². The van der Waals surface area contributed by atoms with Crippen LogP contribution in [0.15, 0.2) is 60.7 Å². The van der Waals surface area contributed by atoms with Crippen LogP contribution in [0.25, 0.3) is 0 Å². The molecule has 3 aromatic rings. The standard InChI is InChI=1S/C25H27ClN2O3/c1-4-30-23-14-19(15-27-20-10-8-17(2)9-11-20)13-22(26)25(23)31-16-24(29)28-21-7-5-6-18(3)12-21/h5-14,27H,4,15-16H2,1-3H3,(H,28,29). The average Bonchev–Trinajstić information content (AvgIpc) is 2.73. The van der Waals surface area contributed by atoms with Crippen molar-refractivity contribution in [3.63, 3.8) is 0 Å². The molecule has 0 heterocycles. The normalized spacial score (nSPS) is 10.5. The second-order valence-corrected chi connectivity index (χ2v) is 7.67. The minimum absolute atomic E-state index is 0.172. The number of hydrogen-bond donors (Lipinski definition) is 2. The van der Waals surface area contributed by atoms with E-state index in [2.05, 4.69) is 29.7 Å². The average molecular weight is 439 g/mol. The summed E-state index contributed by atoms with van der Waals surface area (Å²) in [7, 11) is 0. The van der Waals surface area contributed by atoms with Gasteiger partial charge in [-0.2, -0.15) is 0 Å². The number of carbonyl (C=O) groups excluding carboxylic acids is 1. The summed E-state index contributed by atoms with van der Waals surface area (Å²) in [6, 6.07) is 19.5. The maximum atomic E-state index is 12.3. The van der Waals surface area contributed by atoms with Crippen molar-refractivity contribution in [1.29, 1.82) is 0 Å². The zero-order chi connectivity index (χ0) is 22.2. The van der Waals surface area contributed by atoms with E-state index in [1.807, 2.05) is 62.4 Å². The molecule has 2 N–H and O–H groups in total. The Morgan fingerprint density at radius 1 is 0.935 bits per heavy atom. The molecule has 3 aromatic carbocycles. The van der Waals surface area contributed by atoms with Crippen LogP contribution in [-0.4, -0.2) is 19.1 Å². The monoisotopic (exact) mass is 438 g/mol. The first-order valence-corrected chi connectivity index (χ1v) is 10.6. The Morgan fingerprint density at radius 3 is 2.42 bits per heavy atom. The fourth-order valence-corrected chi connectivity index (χ4v) is 3.35. The number of anilines is 2. The molecule has 6 heteroatoms. The van der Waals surface area contributed by atoms with Gasteiger partial charge in [0.2, 0.25) is 0 Å². The highest BCUT2D eigenvalue weighted by Crippen LogP contribution is 2.37. The maximum Gasteiger partial charge on any atom is 0.262 e. The molecule has 0 unspecified atom stereocenters. The van der Waals surface area contributed by atoms with Gasteiger partial charge in [0, 0.05) is 17.9 Å². The molecule has 0 aliphatic heterocycles. The Morgan fingerprint density at radius 2 is 1.71 bits per heavy atom. The molecule has 0 aromatic heterocycles.